The Morgan fingerprint density at radius 3 is 2.39 bits per heavy atom. The highest BCUT2D eigenvalue weighted by Crippen LogP contribution is 2.34. The molecule has 36 heavy (non-hydrogen) atoms. The van der Waals surface area contributed by atoms with Gasteiger partial charge in [-0.3, -0.25) is 9.59 Å². The molecule has 0 aromatic heterocycles. The highest BCUT2D eigenvalue weighted by atomic mass is 35.5. The van der Waals surface area contributed by atoms with E-state index in [1.807, 2.05) is 55.5 Å². The minimum Gasteiger partial charge on any atom is -0.423 e. The van der Waals surface area contributed by atoms with Gasteiger partial charge in [-0.25, -0.2) is 9.69 Å². The lowest BCUT2D eigenvalue weighted by Crippen LogP contribution is -2.32. The van der Waals surface area contributed by atoms with E-state index in [1.165, 1.54) is 0 Å². The molecule has 0 fully saturated rings. The van der Waals surface area contributed by atoms with E-state index in [4.69, 9.17) is 16.3 Å². The van der Waals surface area contributed by atoms with E-state index in [0.717, 1.165) is 27.7 Å². The summed E-state index contributed by atoms with van der Waals surface area (Å²) < 4.78 is 5.47. The minimum atomic E-state index is -0.602. The second kappa shape index (κ2) is 9.68. The van der Waals surface area contributed by atoms with Gasteiger partial charge in [-0.2, -0.15) is 0 Å². The fourth-order valence-corrected chi connectivity index (χ4v) is 4.27. The molecule has 178 valence electrons. The van der Waals surface area contributed by atoms with Gasteiger partial charge in [0.15, 0.2) is 0 Å². The van der Waals surface area contributed by atoms with Crippen LogP contribution < -0.4 is 15.0 Å². The van der Waals surface area contributed by atoms with Crippen LogP contribution in [0.15, 0.2) is 102 Å². The average Bonchev–Trinajstić information content (AvgIpc) is 3.11. The Kier molecular flexibility index (Phi) is 6.27. The zero-order chi connectivity index (χ0) is 25.2. The maximum absolute atomic E-state index is 13.2. The number of imide groups is 1. The number of anilines is 2. The van der Waals surface area contributed by atoms with Crippen molar-refractivity contribution in [3.8, 4) is 5.75 Å². The Morgan fingerprint density at radius 1 is 0.889 bits per heavy atom. The van der Waals surface area contributed by atoms with Crippen molar-refractivity contribution in [1.82, 2.24) is 0 Å². The molecule has 2 amide bonds. The Balaban J connectivity index is 1.33. The zero-order valence-corrected chi connectivity index (χ0v) is 20.1. The highest BCUT2D eigenvalue weighted by Gasteiger charge is 2.39. The number of carbonyl (C=O) groups is 3. The van der Waals surface area contributed by atoms with Crippen LogP contribution in [0.5, 0.6) is 5.75 Å². The summed E-state index contributed by atoms with van der Waals surface area (Å²) in [5.41, 5.74) is 2.34. The van der Waals surface area contributed by atoms with Crippen LogP contribution in [-0.4, -0.2) is 17.8 Å². The number of ether oxygens (including phenoxy) is 1. The third-order valence-electron chi connectivity index (χ3n) is 5.94. The summed E-state index contributed by atoms with van der Waals surface area (Å²) in [7, 11) is 0. The topological polar surface area (TPSA) is 75.7 Å². The normalized spacial score (nSPS) is 13.4. The van der Waals surface area contributed by atoms with Crippen LogP contribution in [0.25, 0.3) is 10.8 Å². The Morgan fingerprint density at radius 2 is 1.61 bits per heavy atom. The number of nitrogens with one attached hydrogen (secondary N) is 1. The van der Waals surface area contributed by atoms with Crippen molar-refractivity contribution in [2.75, 3.05) is 10.2 Å². The van der Waals surface area contributed by atoms with Crippen LogP contribution >= 0.6 is 11.6 Å². The zero-order valence-electron chi connectivity index (χ0n) is 19.3. The number of esters is 1. The van der Waals surface area contributed by atoms with E-state index in [0.29, 0.717) is 22.7 Å². The maximum Gasteiger partial charge on any atom is 0.343 e. The Labute approximate surface area is 212 Å². The molecular formula is C29H21ClN2O4. The molecule has 0 atom stereocenters. The number of amides is 2. The fraction of sp³-hybridized carbons (Fsp3) is 0.0690. The van der Waals surface area contributed by atoms with Gasteiger partial charge in [0.2, 0.25) is 0 Å². The molecule has 4 aromatic rings. The number of benzene rings is 4. The molecule has 0 unspecified atom stereocenters. The lowest BCUT2D eigenvalue weighted by atomic mass is 10.1. The third-order valence-corrected chi connectivity index (χ3v) is 6.29. The van der Waals surface area contributed by atoms with Gasteiger partial charge in [-0.05, 0) is 59.8 Å². The maximum atomic E-state index is 13.2. The molecule has 6 nitrogen and oxygen atoms in total. The molecule has 1 heterocycles. The van der Waals surface area contributed by atoms with Crippen LogP contribution in [-0.2, 0) is 16.0 Å². The highest BCUT2D eigenvalue weighted by molar-refractivity contribution is 6.53. The number of hydrogen-bond acceptors (Lipinski definition) is 5. The van der Waals surface area contributed by atoms with Crippen molar-refractivity contribution in [2.24, 2.45) is 0 Å². The first-order valence-corrected chi connectivity index (χ1v) is 11.8. The fourth-order valence-electron chi connectivity index (χ4n) is 4.06. The van der Waals surface area contributed by atoms with E-state index in [2.05, 4.69) is 5.32 Å². The van der Waals surface area contributed by atoms with E-state index >= 15 is 0 Å². The number of fused-ring (bicyclic) bond motifs is 1. The van der Waals surface area contributed by atoms with Crippen LogP contribution in [0.4, 0.5) is 11.4 Å². The van der Waals surface area contributed by atoms with Gasteiger partial charge in [0.1, 0.15) is 16.5 Å². The molecule has 0 radical (unpaired) electrons. The van der Waals surface area contributed by atoms with Gasteiger partial charge < -0.3 is 10.1 Å². The Hall–Kier alpha value is -4.42. The molecule has 0 saturated carbocycles. The summed E-state index contributed by atoms with van der Waals surface area (Å²) in [4.78, 5) is 39.8. The monoisotopic (exact) mass is 496 g/mol. The van der Waals surface area contributed by atoms with Gasteiger partial charge in [-0.15, -0.1) is 0 Å². The molecular weight excluding hydrogens is 476 g/mol. The molecule has 1 aliphatic heterocycles. The van der Waals surface area contributed by atoms with Gasteiger partial charge in [0, 0.05) is 11.1 Å². The van der Waals surface area contributed by atoms with Gasteiger partial charge in [-0.1, -0.05) is 67.1 Å². The Bertz CT molecular complexity index is 1540. The molecule has 0 spiro atoms. The van der Waals surface area contributed by atoms with Crippen molar-refractivity contribution < 1.29 is 19.1 Å². The predicted octanol–water partition coefficient (Wildman–Crippen LogP) is 6.06. The standard InChI is InChI=1S/C29H21ClN2O4/c1-2-18-7-5-10-22(17-18)36-29(35)20-13-15-21(16-14-20)31-26-25(30)27(33)32(28(26)34)24-12-6-9-19-8-3-4-11-23(19)24/h3-17,31H,2H2,1H3. The van der Waals surface area contributed by atoms with Crippen molar-refractivity contribution in [3.05, 3.63) is 113 Å². The van der Waals surface area contributed by atoms with Gasteiger partial charge >= 0.3 is 5.97 Å². The first-order chi connectivity index (χ1) is 17.5. The molecule has 0 bridgehead atoms. The summed E-state index contributed by atoms with van der Waals surface area (Å²) >= 11 is 6.30. The van der Waals surface area contributed by atoms with Gasteiger partial charge in [0.05, 0.1) is 11.3 Å². The first kappa shape index (κ1) is 23.3. The SMILES string of the molecule is CCc1cccc(OC(=O)c2ccc(NC3=C(Cl)C(=O)N(c4cccc5ccccc45)C3=O)cc2)c1. The van der Waals surface area contributed by atoms with E-state index in [9.17, 15) is 14.4 Å². The third kappa shape index (κ3) is 4.34. The lowest BCUT2D eigenvalue weighted by Gasteiger charge is -2.17. The number of halogens is 1. The van der Waals surface area contributed by atoms with Crippen LogP contribution in [0, 0.1) is 0 Å². The summed E-state index contributed by atoms with van der Waals surface area (Å²) in [6, 6.07) is 26.6. The lowest BCUT2D eigenvalue weighted by molar-refractivity contribution is -0.120. The summed E-state index contributed by atoms with van der Waals surface area (Å²) in [5, 5.41) is 4.40. The molecule has 0 saturated heterocycles. The summed E-state index contributed by atoms with van der Waals surface area (Å²) in [5.74, 6) is -1.18. The van der Waals surface area contributed by atoms with Crippen molar-refractivity contribution in [3.63, 3.8) is 0 Å². The molecule has 0 aliphatic carbocycles. The molecule has 5 rings (SSSR count). The largest absolute Gasteiger partial charge is 0.423 e. The second-order valence-electron chi connectivity index (χ2n) is 8.23. The second-order valence-corrected chi connectivity index (χ2v) is 8.60. The average molecular weight is 497 g/mol. The van der Waals surface area contributed by atoms with E-state index in [-0.39, 0.29) is 10.7 Å². The number of nitrogens with zero attached hydrogens (tertiary/aromatic N) is 1. The van der Waals surface area contributed by atoms with Crippen molar-refractivity contribution in [1.29, 1.82) is 0 Å². The summed E-state index contributed by atoms with van der Waals surface area (Å²) in [6.45, 7) is 2.03. The molecule has 7 heteroatoms. The van der Waals surface area contributed by atoms with Crippen LogP contribution in [0.3, 0.4) is 0 Å². The molecule has 1 aliphatic rings. The quantitative estimate of drug-likeness (QED) is 0.199. The van der Waals surface area contributed by atoms with Crippen molar-refractivity contribution >= 4 is 51.5 Å². The number of hydrogen-bond donors (Lipinski definition) is 1. The molecule has 4 aromatic carbocycles. The predicted molar refractivity (Wildman–Crippen MR) is 140 cm³/mol. The molecule has 1 N–H and O–H groups in total. The number of aryl methyl sites for hydroxylation is 1. The van der Waals surface area contributed by atoms with E-state index < -0.39 is 17.8 Å². The van der Waals surface area contributed by atoms with Gasteiger partial charge in [0.25, 0.3) is 11.8 Å². The van der Waals surface area contributed by atoms with Crippen LogP contribution in [0.1, 0.15) is 22.8 Å². The first-order valence-electron chi connectivity index (χ1n) is 11.4. The van der Waals surface area contributed by atoms with Crippen molar-refractivity contribution in [2.45, 2.75) is 13.3 Å². The summed E-state index contributed by atoms with van der Waals surface area (Å²) in [6.07, 6.45) is 0.837. The smallest absolute Gasteiger partial charge is 0.343 e. The minimum absolute atomic E-state index is 0.0266. The number of rotatable bonds is 6. The number of carbonyl (C=O) groups excluding carboxylic acids is 3. The van der Waals surface area contributed by atoms with E-state index in [1.54, 1.807) is 42.5 Å². The van der Waals surface area contributed by atoms with Crippen LogP contribution in [0.2, 0.25) is 0 Å².